The van der Waals surface area contributed by atoms with Crippen LogP contribution in [-0.2, 0) is 11.3 Å². The highest BCUT2D eigenvalue weighted by Crippen LogP contribution is 2.23. The zero-order valence-corrected chi connectivity index (χ0v) is 18.1. The first-order valence-electron chi connectivity index (χ1n) is 10.4. The van der Waals surface area contributed by atoms with Crippen LogP contribution < -0.4 is 15.6 Å². The topological polar surface area (TPSA) is 90.5 Å². The lowest BCUT2D eigenvalue weighted by molar-refractivity contribution is -0.116. The molecule has 5 rings (SSSR count). The largest absolute Gasteiger partial charge is 0.497 e. The van der Waals surface area contributed by atoms with Crippen molar-refractivity contribution in [3.8, 4) is 17.1 Å². The lowest BCUT2D eigenvalue weighted by Crippen LogP contribution is -2.29. The Hall–Kier alpha value is -4.46. The van der Waals surface area contributed by atoms with Gasteiger partial charge in [-0.3, -0.25) is 18.6 Å². The first-order chi connectivity index (χ1) is 16.0. The highest BCUT2D eigenvalue weighted by molar-refractivity contribution is 5.92. The molecule has 0 saturated heterocycles. The van der Waals surface area contributed by atoms with Gasteiger partial charge in [-0.05, 0) is 43.3 Å². The quantitative estimate of drug-likeness (QED) is 0.451. The van der Waals surface area contributed by atoms with Crippen LogP contribution in [0.5, 0.6) is 5.75 Å². The number of aryl methyl sites for hydroxylation is 1. The highest BCUT2D eigenvalue weighted by Gasteiger charge is 2.19. The van der Waals surface area contributed by atoms with Gasteiger partial charge in [0.2, 0.25) is 11.6 Å². The molecule has 5 aromatic rings. The molecule has 3 aromatic carbocycles. The fourth-order valence-corrected chi connectivity index (χ4v) is 3.83. The second-order valence-electron chi connectivity index (χ2n) is 7.71. The zero-order valence-electron chi connectivity index (χ0n) is 18.1. The van der Waals surface area contributed by atoms with Gasteiger partial charge in [0.25, 0.3) is 5.56 Å². The molecule has 0 fully saturated rings. The van der Waals surface area contributed by atoms with Gasteiger partial charge in [-0.15, -0.1) is 10.2 Å². The summed E-state index contributed by atoms with van der Waals surface area (Å²) in [7, 11) is 1.58. The molecule has 1 N–H and O–H groups in total. The molecule has 8 nitrogen and oxygen atoms in total. The van der Waals surface area contributed by atoms with Crippen LogP contribution in [0, 0.1) is 6.92 Å². The summed E-state index contributed by atoms with van der Waals surface area (Å²) < 4.78 is 8.32. The molecule has 164 valence electrons. The number of hydrogen-bond donors (Lipinski definition) is 1. The monoisotopic (exact) mass is 439 g/mol. The summed E-state index contributed by atoms with van der Waals surface area (Å²) in [6.45, 7) is 1.85. The van der Waals surface area contributed by atoms with Crippen molar-refractivity contribution in [2.45, 2.75) is 13.5 Å². The molecule has 1 amide bonds. The summed E-state index contributed by atoms with van der Waals surface area (Å²) in [5, 5.41) is 11.3. The average molecular weight is 439 g/mol. The number of nitrogens with one attached hydrogen (secondary N) is 1. The van der Waals surface area contributed by atoms with E-state index in [2.05, 4.69) is 15.5 Å². The molecule has 33 heavy (non-hydrogen) atoms. The standard InChI is InChI=1S/C25H21N5O3/c1-16-7-9-17(10-8-16)23-27-28-24-25(32)29(20-5-3-4-6-21(20)30(23)24)15-22(31)26-18-11-13-19(33-2)14-12-18/h3-14H,15H2,1-2H3,(H,26,31). The van der Waals surface area contributed by atoms with E-state index in [-0.39, 0.29) is 23.7 Å². The van der Waals surface area contributed by atoms with E-state index >= 15 is 0 Å². The van der Waals surface area contributed by atoms with Crippen LogP contribution in [0.3, 0.4) is 0 Å². The van der Waals surface area contributed by atoms with Gasteiger partial charge in [0.15, 0.2) is 5.82 Å². The minimum Gasteiger partial charge on any atom is -0.497 e. The van der Waals surface area contributed by atoms with Gasteiger partial charge in [-0.25, -0.2) is 0 Å². The van der Waals surface area contributed by atoms with Crippen molar-refractivity contribution >= 4 is 28.3 Å². The van der Waals surface area contributed by atoms with Crippen LogP contribution in [-0.4, -0.2) is 32.2 Å². The maximum Gasteiger partial charge on any atom is 0.297 e. The smallest absolute Gasteiger partial charge is 0.297 e. The number of rotatable bonds is 5. The third-order valence-electron chi connectivity index (χ3n) is 5.50. The van der Waals surface area contributed by atoms with Gasteiger partial charge < -0.3 is 10.1 Å². The van der Waals surface area contributed by atoms with Gasteiger partial charge >= 0.3 is 0 Å². The Balaban J connectivity index is 1.58. The summed E-state index contributed by atoms with van der Waals surface area (Å²) >= 11 is 0. The predicted molar refractivity (Wildman–Crippen MR) is 127 cm³/mol. The number of methoxy groups -OCH3 is 1. The number of anilines is 1. The fourth-order valence-electron chi connectivity index (χ4n) is 3.83. The van der Waals surface area contributed by atoms with Crippen molar-refractivity contribution in [2.75, 3.05) is 12.4 Å². The van der Waals surface area contributed by atoms with Crippen LogP contribution >= 0.6 is 0 Å². The summed E-state index contributed by atoms with van der Waals surface area (Å²) in [4.78, 5) is 26.1. The Morgan fingerprint density at radius 1 is 0.939 bits per heavy atom. The number of benzene rings is 3. The van der Waals surface area contributed by atoms with Crippen LogP contribution in [0.1, 0.15) is 5.56 Å². The van der Waals surface area contributed by atoms with Crippen molar-refractivity contribution < 1.29 is 9.53 Å². The van der Waals surface area contributed by atoms with Gasteiger partial charge in [0, 0.05) is 11.3 Å². The van der Waals surface area contributed by atoms with Crippen LogP contribution in [0.25, 0.3) is 28.1 Å². The molecule has 2 aromatic heterocycles. The van der Waals surface area contributed by atoms with E-state index < -0.39 is 0 Å². The molecule has 0 aliphatic carbocycles. The normalized spacial score (nSPS) is 11.1. The summed E-state index contributed by atoms with van der Waals surface area (Å²) in [6.07, 6.45) is 0. The number of ether oxygens (including phenoxy) is 1. The third kappa shape index (κ3) is 3.71. The maximum atomic E-state index is 13.4. The van der Waals surface area contributed by atoms with E-state index in [1.165, 1.54) is 4.57 Å². The van der Waals surface area contributed by atoms with E-state index in [1.807, 2.05) is 55.5 Å². The molecule has 0 aliphatic heterocycles. The molecule has 0 aliphatic rings. The number of carbonyl (C=O) groups is 1. The highest BCUT2D eigenvalue weighted by atomic mass is 16.5. The van der Waals surface area contributed by atoms with Crippen molar-refractivity contribution in [1.82, 2.24) is 19.2 Å². The third-order valence-corrected chi connectivity index (χ3v) is 5.50. The van der Waals surface area contributed by atoms with Gasteiger partial charge in [0.05, 0.1) is 18.1 Å². The Labute approximate surface area is 189 Å². The molecular formula is C25H21N5O3. The van der Waals surface area contributed by atoms with E-state index in [0.717, 1.165) is 16.6 Å². The Morgan fingerprint density at radius 3 is 2.33 bits per heavy atom. The number of aromatic nitrogens is 4. The van der Waals surface area contributed by atoms with E-state index in [4.69, 9.17) is 4.74 Å². The van der Waals surface area contributed by atoms with Gasteiger partial charge in [-0.2, -0.15) is 0 Å². The maximum absolute atomic E-state index is 13.4. The Kier molecular flexibility index (Phi) is 5.10. The van der Waals surface area contributed by atoms with Crippen LogP contribution in [0.15, 0.2) is 77.6 Å². The molecule has 0 spiro atoms. The van der Waals surface area contributed by atoms with Crippen molar-refractivity contribution in [1.29, 1.82) is 0 Å². The van der Waals surface area contributed by atoms with Crippen molar-refractivity contribution in [3.63, 3.8) is 0 Å². The summed E-state index contributed by atoms with van der Waals surface area (Å²) in [6, 6.07) is 22.3. The minimum absolute atomic E-state index is 0.158. The number of para-hydroxylation sites is 2. The molecule has 0 unspecified atom stereocenters. The summed E-state index contributed by atoms with van der Waals surface area (Å²) in [5.41, 5.74) is 3.74. The predicted octanol–water partition coefficient (Wildman–Crippen LogP) is 3.67. The van der Waals surface area contributed by atoms with E-state index in [0.29, 0.717) is 22.8 Å². The van der Waals surface area contributed by atoms with Crippen molar-refractivity contribution in [2.24, 2.45) is 0 Å². The van der Waals surface area contributed by atoms with Crippen molar-refractivity contribution in [3.05, 3.63) is 88.7 Å². The number of hydrogen-bond acceptors (Lipinski definition) is 5. The molecular weight excluding hydrogens is 418 g/mol. The molecule has 2 heterocycles. The average Bonchev–Trinajstić information content (AvgIpc) is 3.28. The molecule has 0 atom stereocenters. The summed E-state index contributed by atoms with van der Waals surface area (Å²) in [5.74, 6) is 0.944. The Bertz CT molecular complexity index is 1530. The SMILES string of the molecule is COc1ccc(NC(=O)Cn2c(=O)c3nnc(-c4ccc(C)cc4)n3c3ccccc32)cc1. The minimum atomic E-state index is -0.385. The molecule has 0 radical (unpaired) electrons. The first kappa shape index (κ1) is 20.4. The van der Waals surface area contributed by atoms with Crippen LogP contribution in [0.4, 0.5) is 5.69 Å². The van der Waals surface area contributed by atoms with Gasteiger partial charge in [-0.1, -0.05) is 42.0 Å². The Morgan fingerprint density at radius 2 is 1.64 bits per heavy atom. The lowest BCUT2D eigenvalue weighted by Gasteiger charge is -2.13. The van der Waals surface area contributed by atoms with Crippen LogP contribution in [0.2, 0.25) is 0 Å². The second-order valence-corrected chi connectivity index (χ2v) is 7.71. The number of carbonyl (C=O) groups excluding carboxylic acids is 1. The molecule has 0 bridgehead atoms. The lowest BCUT2D eigenvalue weighted by atomic mass is 10.1. The number of nitrogens with zero attached hydrogens (tertiary/aromatic N) is 4. The van der Waals surface area contributed by atoms with Gasteiger partial charge in [0.1, 0.15) is 12.3 Å². The fraction of sp³-hybridized carbons (Fsp3) is 0.120. The number of amides is 1. The second kappa shape index (κ2) is 8.23. The first-order valence-corrected chi connectivity index (χ1v) is 10.4. The number of fused-ring (bicyclic) bond motifs is 3. The zero-order chi connectivity index (χ0) is 22.9. The molecule has 8 heteroatoms. The van der Waals surface area contributed by atoms with E-state index in [9.17, 15) is 9.59 Å². The molecule has 0 saturated carbocycles. The van der Waals surface area contributed by atoms with E-state index in [1.54, 1.807) is 35.8 Å².